The van der Waals surface area contributed by atoms with Crippen molar-refractivity contribution in [2.75, 3.05) is 6.54 Å². The van der Waals surface area contributed by atoms with Crippen LogP contribution in [0.25, 0.3) is 11.4 Å². The second kappa shape index (κ2) is 7.08. The van der Waals surface area contributed by atoms with Gasteiger partial charge in [0.2, 0.25) is 5.91 Å². The molecular weight excluding hydrogens is 308 g/mol. The normalized spacial score (nSPS) is 14.5. The van der Waals surface area contributed by atoms with Gasteiger partial charge >= 0.3 is 0 Å². The van der Waals surface area contributed by atoms with E-state index in [4.69, 9.17) is 12.2 Å². The van der Waals surface area contributed by atoms with Gasteiger partial charge in [-0.05, 0) is 37.9 Å². The molecule has 23 heavy (non-hydrogen) atoms. The fraction of sp³-hybridized carbons (Fsp3) is 0.471. The lowest BCUT2D eigenvalue weighted by molar-refractivity contribution is -0.121. The Morgan fingerprint density at radius 1 is 1.39 bits per heavy atom. The number of benzene rings is 1. The number of nitrogens with zero attached hydrogens (tertiary/aromatic N) is 2. The van der Waals surface area contributed by atoms with E-state index in [2.05, 4.69) is 15.5 Å². The Hall–Kier alpha value is -1.95. The molecule has 2 N–H and O–H groups in total. The molecule has 0 radical (unpaired) electrons. The summed E-state index contributed by atoms with van der Waals surface area (Å²) < 4.78 is 2.44. The number of aryl methyl sites for hydroxylation is 1. The zero-order valence-electron chi connectivity index (χ0n) is 13.3. The van der Waals surface area contributed by atoms with Crippen LogP contribution in [0.15, 0.2) is 24.3 Å². The molecular formula is C17H22N4OS. The molecule has 1 fully saturated rings. The van der Waals surface area contributed by atoms with E-state index in [0.29, 0.717) is 23.7 Å². The number of amides is 1. The smallest absolute Gasteiger partial charge is 0.221 e. The topological polar surface area (TPSA) is 62.7 Å². The molecule has 0 aliphatic heterocycles. The van der Waals surface area contributed by atoms with Gasteiger partial charge in [-0.3, -0.25) is 14.5 Å². The van der Waals surface area contributed by atoms with Gasteiger partial charge in [-0.25, -0.2) is 0 Å². The Morgan fingerprint density at radius 2 is 2.13 bits per heavy atom. The summed E-state index contributed by atoms with van der Waals surface area (Å²) in [4.78, 5) is 12.0. The van der Waals surface area contributed by atoms with Crippen molar-refractivity contribution in [3.63, 3.8) is 0 Å². The molecule has 1 aliphatic rings. The molecule has 0 spiro atoms. The molecule has 1 aromatic carbocycles. The summed E-state index contributed by atoms with van der Waals surface area (Å²) in [6.45, 7) is 3.39. The molecule has 1 amide bonds. The lowest BCUT2D eigenvalue weighted by atomic mass is 9.85. The second-order valence-electron chi connectivity index (χ2n) is 6.22. The van der Waals surface area contributed by atoms with E-state index in [1.54, 1.807) is 0 Å². The lowest BCUT2D eigenvalue weighted by Crippen LogP contribution is -2.32. The van der Waals surface area contributed by atoms with Crippen molar-refractivity contribution < 1.29 is 4.79 Å². The third kappa shape index (κ3) is 3.88. The number of rotatable bonds is 6. The summed E-state index contributed by atoms with van der Waals surface area (Å²) in [5.74, 6) is 1.54. The molecule has 1 saturated carbocycles. The maximum atomic E-state index is 12.0. The zero-order chi connectivity index (χ0) is 16.2. The van der Waals surface area contributed by atoms with Crippen molar-refractivity contribution >= 4 is 18.1 Å². The monoisotopic (exact) mass is 330 g/mol. The Labute approximate surface area is 141 Å². The zero-order valence-corrected chi connectivity index (χ0v) is 14.2. The largest absolute Gasteiger partial charge is 0.356 e. The minimum atomic E-state index is 0.0786. The highest BCUT2D eigenvalue weighted by Gasteiger charge is 2.18. The van der Waals surface area contributed by atoms with Gasteiger partial charge in [0.05, 0.1) is 0 Å². The van der Waals surface area contributed by atoms with Crippen LogP contribution in [0, 0.1) is 17.6 Å². The van der Waals surface area contributed by atoms with Crippen LogP contribution >= 0.6 is 12.2 Å². The van der Waals surface area contributed by atoms with Crippen LogP contribution in [-0.4, -0.2) is 27.2 Å². The molecule has 5 nitrogen and oxygen atoms in total. The van der Waals surface area contributed by atoms with Gasteiger partial charge < -0.3 is 5.32 Å². The highest BCUT2D eigenvalue weighted by Crippen LogP contribution is 2.25. The standard InChI is InChI=1S/C17H22N4OS/c1-12-5-7-14(8-6-12)16-19-20-17(23)21(16)10-9-15(22)18-11-13-3-2-4-13/h5-8,13H,2-4,9-11H2,1H3,(H,18,22)(H,20,23). The van der Waals surface area contributed by atoms with Crippen LogP contribution < -0.4 is 5.32 Å². The third-order valence-corrected chi connectivity index (χ3v) is 4.75. The quantitative estimate of drug-likeness (QED) is 0.799. The molecule has 2 aromatic rings. The fourth-order valence-corrected chi connectivity index (χ4v) is 2.93. The van der Waals surface area contributed by atoms with E-state index in [1.165, 1.54) is 24.8 Å². The van der Waals surface area contributed by atoms with E-state index < -0.39 is 0 Å². The van der Waals surface area contributed by atoms with Crippen molar-refractivity contribution in [3.8, 4) is 11.4 Å². The Morgan fingerprint density at radius 3 is 2.78 bits per heavy atom. The van der Waals surface area contributed by atoms with E-state index in [1.807, 2.05) is 35.8 Å². The minimum Gasteiger partial charge on any atom is -0.356 e. The highest BCUT2D eigenvalue weighted by atomic mass is 32.1. The Bertz CT molecular complexity index is 728. The lowest BCUT2D eigenvalue weighted by Gasteiger charge is -2.25. The SMILES string of the molecule is Cc1ccc(-c2n[nH]c(=S)n2CCC(=O)NCC2CCC2)cc1. The second-order valence-corrected chi connectivity index (χ2v) is 6.61. The van der Waals surface area contributed by atoms with Crippen LogP contribution in [0.3, 0.4) is 0 Å². The van der Waals surface area contributed by atoms with Gasteiger partial charge in [0, 0.05) is 25.1 Å². The first-order valence-corrected chi connectivity index (χ1v) is 8.53. The van der Waals surface area contributed by atoms with E-state index in [0.717, 1.165) is 17.9 Å². The Balaban J connectivity index is 1.63. The van der Waals surface area contributed by atoms with Gasteiger partial charge in [-0.2, -0.15) is 5.10 Å². The average Bonchev–Trinajstić information content (AvgIpc) is 2.85. The maximum Gasteiger partial charge on any atom is 0.221 e. The summed E-state index contributed by atoms with van der Waals surface area (Å²) in [5, 5.41) is 10.1. The first-order valence-electron chi connectivity index (χ1n) is 8.12. The highest BCUT2D eigenvalue weighted by molar-refractivity contribution is 7.71. The number of aromatic amines is 1. The maximum absolute atomic E-state index is 12.0. The number of H-pyrrole nitrogens is 1. The van der Waals surface area contributed by atoms with Crippen molar-refractivity contribution in [3.05, 3.63) is 34.6 Å². The van der Waals surface area contributed by atoms with Crippen LogP contribution in [-0.2, 0) is 11.3 Å². The first-order chi connectivity index (χ1) is 11.1. The number of aromatic nitrogens is 3. The number of nitrogens with one attached hydrogen (secondary N) is 2. The minimum absolute atomic E-state index is 0.0786. The molecule has 122 valence electrons. The fourth-order valence-electron chi connectivity index (χ4n) is 2.70. The summed E-state index contributed by atoms with van der Waals surface area (Å²) in [5.41, 5.74) is 2.20. The Kier molecular flexibility index (Phi) is 4.91. The number of carbonyl (C=O) groups excluding carboxylic acids is 1. The van der Waals surface area contributed by atoms with Gasteiger partial charge in [0.25, 0.3) is 0 Å². The molecule has 6 heteroatoms. The van der Waals surface area contributed by atoms with Gasteiger partial charge in [0.1, 0.15) is 0 Å². The number of hydrogen-bond donors (Lipinski definition) is 2. The van der Waals surface area contributed by atoms with Crippen LogP contribution in [0.1, 0.15) is 31.2 Å². The molecule has 1 heterocycles. The summed E-state index contributed by atoms with van der Waals surface area (Å²) in [6, 6.07) is 8.13. The van der Waals surface area contributed by atoms with E-state index in [9.17, 15) is 4.79 Å². The van der Waals surface area contributed by atoms with Crippen molar-refractivity contribution in [2.24, 2.45) is 5.92 Å². The predicted molar refractivity (Wildman–Crippen MR) is 92.6 cm³/mol. The number of hydrogen-bond acceptors (Lipinski definition) is 3. The predicted octanol–water partition coefficient (Wildman–Crippen LogP) is 3.22. The van der Waals surface area contributed by atoms with Gasteiger partial charge in [0.15, 0.2) is 10.6 Å². The van der Waals surface area contributed by atoms with Crippen LogP contribution in [0.4, 0.5) is 0 Å². The first kappa shape index (κ1) is 15.9. The van der Waals surface area contributed by atoms with Crippen molar-refractivity contribution in [2.45, 2.75) is 39.2 Å². The summed E-state index contributed by atoms with van der Waals surface area (Å²) >= 11 is 5.30. The summed E-state index contributed by atoms with van der Waals surface area (Å²) in [7, 11) is 0. The van der Waals surface area contributed by atoms with E-state index in [-0.39, 0.29) is 5.91 Å². The van der Waals surface area contributed by atoms with Gasteiger partial charge in [-0.15, -0.1) is 0 Å². The molecule has 1 aromatic heterocycles. The van der Waals surface area contributed by atoms with Crippen molar-refractivity contribution in [1.82, 2.24) is 20.1 Å². The van der Waals surface area contributed by atoms with Crippen LogP contribution in [0.5, 0.6) is 0 Å². The number of carbonyl (C=O) groups is 1. The summed E-state index contributed by atoms with van der Waals surface area (Å²) in [6.07, 6.45) is 4.19. The van der Waals surface area contributed by atoms with E-state index >= 15 is 0 Å². The average molecular weight is 330 g/mol. The van der Waals surface area contributed by atoms with Crippen LogP contribution in [0.2, 0.25) is 0 Å². The molecule has 0 saturated heterocycles. The van der Waals surface area contributed by atoms with Crippen molar-refractivity contribution in [1.29, 1.82) is 0 Å². The third-order valence-electron chi connectivity index (χ3n) is 4.44. The molecule has 1 aliphatic carbocycles. The molecule has 3 rings (SSSR count). The molecule has 0 atom stereocenters. The van der Waals surface area contributed by atoms with Gasteiger partial charge in [-0.1, -0.05) is 36.2 Å². The molecule has 0 bridgehead atoms. The molecule has 0 unspecified atom stereocenters.